The van der Waals surface area contributed by atoms with E-state index < -0.39 is 10.0 Å². The van der Waals surface area contributed by atoms with Crippen LogP contribution in [0.1, 0.15) is 17.3 Å². The van der Waals surface area contributed by atoms with E-state index in [9.17, 15) is 8.42 Å². The molecule has 1 aromatic carbocycles. The summed E-state index contributed by atoms with van der Waals surface area (Å²) < 4.78 is 33.5. The van der Waals surface area contributed by atoms with E-state index in [4.69, 9.17) is 16.3 Å². The van der Waals surface area contributed by atoms with Crippen molar-refractivity contribution in [3.63, 3.8) is 0 Å². The Kier molecular flexibility index (Phi) is 6.26. The van der Waals surface area contributed by atoms with Gasteiger partial charge in [-0.15, -0.1) is 0 Å². The minimum Gasteiger partial charge on any atom is -0.379 e. The lowest BCUT2D eigenvalue weighted by Gasteiger charge is -2.34. The average Bonchev–Trinajstić information content (AvgIpc) is 2.66. The van der Waals surface area contributed by atoms with E-state index in [0.717, 1.165) is 24.3 Å². The Balaban J connectivity index is 1.79. The summed E-state index contributed by atoms with van der Waals surface area (Å²) >= 11 is 6.08. The van der Waals surface area contributed by atoms with Crippen molar-refractivity contribution in [1.29, 1.82) is 0 Å². The van der Waals surface area contributed by atoms with Crippen LogP contribution >= 0.6 is 11.6 Å². The van der Waals surface area contributed by atoms with Crippen molar-refractivity contribution in [3.8, 4) is 0 Å². The predicted octanol–water partition coefficient (Wildman–Crippen LogP) is 2.40. The van der Waals surface area contributed by atoms with Crippen LogP contribution in [-0.4, -0.2) is 51.1 Å². The summed E-state index contributed by atoms with van der Waals surface area (Å²) in [6, 6.07) is 10.3. The number of morpholine rings is 1. The van der Waals surface area contributed by atoms with Crippen LogP contribution in [0.4, 0.5) is 0 Å². The number of benzene rings is 1. The zero-order chi connectivity index (χ0) is 18.6. The van der Waals surface area contributed by atoms with E-state index >= 15 is 0 Å². The minimum absolute atomic E-state index is 0.157. The molecule has 1 aromatic heterocycles. The van der Waals surface area contributed by atoms with Crippen molar-refractivity contribution in [2.24, 2.45) is 0 Å². The molecule has 0 radical (unpaired) electrons. The third kappa shape index (κ3) is 4.61. The first-order chi connectivity index (χ1) is 12.5. The predicted molar refractivity (Wildman–Crippen MR) is 101 cm³/mol. The van der Waals surface area contributed by atoms with Gasteiger partial charge >= 0.3 is 0 Å². The fraction of sp³-hybridized carbons (Fsp3) is 0.389. The van der Waals surface area contributed by atoms with Gasteiger partial charge < -0.3 is 4.74 Å². The summed E-state index contributed by atoms with van der Waals surface area (Å²) in [4.78, 5) is 6.77. The van der Waals surface area contributed by atoms with E-state index in [1.165, 1.54) is 6.07 Å². The normalized spacial score (nSPS) is 17.2. The summed E-state index contributed by atoms with van der Waals surface area (Å²) in [7, 11) is -3.66. The Hall–Kier alpha value is -1.51. The number of aryl methyl sites for hydroxylation is 1. The molecule has 2 heterocycles. The highest BCUT2D eigenvalue weighted by atomic mass is 35.5. The van der Waals surface area contributed by atoms with Crippen LogP contribution in [0.25, 0.3) is 0 Å². The van der Waals surface area contributed by atoms with Gasteiger partial charge in [-0.1, -0.05) is 23.7 Å². The highest BCUT2D eigenvalue weighted by Gasteiger charge is 2.26. The number of ether oxygens (including phenoxy) is 1. The highest BCUT2D eigenvalue weighted by Crippen LogP contribution is 2.22. The van der Waals surface area contributed by atoms with Gasteiger partial charge in [0.05, 0.1) is 29.8 Å². The first kappa shape index (κ1) is 19.3. The number of hydrogen-bond donors (Lipinski definition) is 1. The minimum atomic E-state index is -3.66. The van der Waals surface area contributed by atoms with Crippen LogP contribution in [0.2, 0.25) is 5.02 Å². The topological polar surface area (TPSA) is 71.5 Å². The Labute approximate surface area is 159 Å². The van der Waals surface area contributed by atoms with E-state index in [0.29, 0.717) is 18.2 Å². The lowest BCUT2D eigenvalue weighted by Crippen LogP contribution is -2.44. The fourth-order valence-electron chi connectivity index (χ4n) is 2.90. The molecule has 0 spiro atoms. The summed E-state index contributed by atoms with van der Waals surface area (Å²) in [5, 5.41) is 0.433. The smallest absolute Gasteiger partial charge is 0.240 e. The van der Waals surface area contributed by atoms with E-state index in [1.54, 1.807) is 18.3 Å². The van der Waals surface area contributed by atoms with Crippen LogP contribution in [0.15, 0.2) is 47.5 Å². The molecule has 1 atom stereocenters. The van der Waals surface area contributed by atoms with Crippen molar-refractivity contribution >= 4 is 21.6 Å². The molecule has 8 heteroatoms. The van der Waals surface area contributed by atoms with Crippen LogP contribution in [0.5, 0.6) is 0 Å². The second-order valence-electron chi connectivity index (χ2n) is 6.18. The van der Waals surface area contributed by atoms with E-state index in [1.807, 2.05) is 25.1 Å². The number of hydrogen-bond acceptors (Lipinski definition) is 5. The van der Waals surface area contributed by atoms with Gasteiger partial charge in [0.25, 0.3) is 0 Å². The van der Waals surface area contributed by atoms with Crippen molar-refractivity contribution in [1.82, 2.24) is 14.6 Å². The highest BCUT2D eigenvalue weighted by molar-refractivity contribution is 7.89. The number of rotatable bonds is 6. The lowest BCUT2D eigenvalue weighted by atomic mass is 10.1. The Morgan fingerprint density at radius 1 is 1.27 bits per heavy atom. The number of halogens is 1. The van der Waals surface area contributed by atoms with Crippen LogP contribution in [-0.2, 0) is 14.8 Å². The number of nitrogens with zero attached hydrogens (tertiary/aromatic N) is 2. The molecule has 0 unspecified atom stereocenters. The van der Waals surface area contributed by atoms with Crippen molar-refractivity contribution in [3.05, 3.63) is 58.9 Å². The molecule has 1 N–H and O–H groups in total. The molecule has 0 saturated carbocycles. The lowest BCUT2D eigenvalue weighted by molar-refractivity contribution is 0.0163. The van der Waals surface area contributed by atoms with Gasteiger partial charge in [-0.05, 0) is 36.8 Å². The molecule has 0 bridgehead atoms. The Morgan fingerprint density at radius 2 is 2.04 bits per heavy atom. The quantitative estimate of drug-likeness (QED) is 0.813. The summed E-state index contributed by atoms with van der Waals surface area (Å²) in [5.41, 5.74) is 1.67. The maximum absolute atomic E-state index is 12.7. The number of pyridine rings is 1. The molecule has 6 nitrogen and oxygen atoms in total. The fourth-order valence-corrected chi connectivity index (χ4v) is 4.21. The van der Waals surface area contributed by atoms with Crippen molar-refractivity contribution < 1.29 is 13.2 Å². The largest absolute Gasteiger partial charge is 0.379 e. The third-order valence-electron chi connectivity index (χ3n) is 4.44. The van der Waals surface area contributed by atoms with Crippen molar-refractivity contribution in [2.75, 3.05) is 32.8 Å². The molecular formula is C18H22ClN3O3S. The third-order valence-corrected chi connectivity index (χ3v) is 6.26. The maximum atomic E-state index is 12.7. The Morgan fingerprint density at radius 3 is 2.69 bits per heavy atom. The average molecular weight is 396 g/mol. The van der Waals surface area contributed by atoms with Crippen molar-refractivity contribution in [2.45, 2.75) is 17.9 Å². The number of nitrogens with one attached hydrogen (secondary N) is 1. The molecule has 1 aliphatic rings. The maximum Gasteiger partial charge on any atom is 0.240 e. The Bertz CT molecular complexity index is 840. The van der Waals surface area contributed by atoms with Crippen LogP contribution in [0.3, 0.4) is 0 Å². The molecule has 0 aliphatic carbocycles. The molecule has 26 heavy (non-hydrogen) atoms. The van der Waals surface area contributed by atoms with E-state index in [2.05, 4.69) is 14.6 Å². The second-order valence-corrected chi connectivity index (χ2v) is 8.36. The SMILES string of the molecule is Cc1ccc(S(=O)(=O)NC[C@@H](c2ccccn2)N2CCOCC2)cc1Cl. The van der Waals surface area contributed by atoms with E-state index in [-0.39, 0.29) is 17.5 Å². The second kappa shape index (κ2) is 8.45. The van der Waals surface area contributed by atoms with Gasteiger partial charge in [0.1, 0.15) is 0 Å². The zero-order valence-electron chi connectivity index (χ0n) is 14.6. The molecule has 3 rings (SSSR count). The number of sulfonamides is 1. The summed E-state index contributed by atoms with van der Waals surface area (Å²) in [5.74, 6) is 0. The van der Waals surface area contributed by atoms with Crippen LogP contribution < -0.4 is 4.72 Å². The van der Waals surface area contributed by atoms with Gasteiger partial charge in [-0.25, -0.2) is 13.1 Å². The monoisotopic (exact) mass is 395 g/mol. The van der Waals surface area contributed by atoms with Gasteiger partial charge in [0.2, 0.25) is 10.0 Å². The molecule has 1 fully saturated rings. The summed E-state index contributed by atoms with van der Waals surface area (Å²) in [6.07, 6.45) is 1.72. The standard InChI is InChI=1S/C18H22ClN3O3S/c1-14-5-6-15(12-16(14)19)26(23,24)21-13-18(17-4-2-3-7-20-17)22-8-10-25-11-9-22/h2-7,12,18,21H,8-11,13H2,1H3/t18-/m0/s1. The molecule has 140 valence electrons. The molecule has 1 aliphatic heterocycles. The molecule has 1 saturated heterocycles. The zero-order valence-corrected chi connectivity index (χ0v) is 16.1. The first-order valence-corrected chi connectivity index (χ1v) is 10.3. The van der Waals surface area contributed by atoms with Crippen LogP contribution in [0, 0.1) is 6.92 Å². The molecular weight excluding hydrogens is 374 g/mol. The number of aromatic nitrogens is 1. The first-order valence-electron chi connectivity index (χ1n) is 8.46. The molecule has 2 aromatic rings. The summed E-state index contributed by atoms with van der Waals surface area (Å²) in [6.45, 7) is 4.79. The molecule has 0 amide bonds. The van der Waals surface area contributed by atoms with Gasteiger partial charge in [-0.2, -0.15) is 0 Å². The van der Waals surface area contributed by atoms with Gasteiger partial charge in [-0.3, -0.25) is 9.88 Å². The van der Waals surface area contributed by atoms with Gasteiger partial charge in [0, 0.05) is 30.9 Å². The van der Waals surface area contributed by atoms with Gasteiger partial charge in [0.15, 0.2) is 0 Å².